The molecule has 29 heavy (non-hydrogen) atoms. The number of benzene rings is 1. The topological polar surface area (TPSA) is 56.0 Å². The van der Waals surface area contributed by atoms with Crippen molar-refractivity contribution in [2.24, 2.45) is 7.05 Å². The van der Waals surface area contributed by atoms with E-state index in [9.17, 15) is 4.79 Å². The van der Waals surface area contributed by atoms with Gasteiger partial charge in [-0.05, 0) is 29.7 Å². The molecular formula is C22H21N5OS. The van der Waals surface area contributed by atoms with Gasteiger partial charge in [0, 0.05) is 50.2 Å². The Morgan fingerprint density at radius 3 is 2.69 bits per heavy atom. The first-order valence-electron chi connectivity index (χ1n) is 9.20. The molecule has 1 amide bonds. The molecule has 0 aliphatic heterocycles. The highest BCUT2D eigenvalue weighted by molar-refractivity contribution is 7.13. The number of para-hydroxylation sites is 1. The maximum Gasteiger partial charge on any atom is 0.246 e. The van der Waals surface area contributed by atoms with Gasteiger partial charge in [0.2, 0.25) is 5.91 Å². The number of carbonyl (C=O) groups excluding carboxylic acids is 1. The van der Waals surface area contributed by atoms with Gasteiger partial charge in [-0.3, -0.25) is 9.48 Å². The number of nitrogens with zero attached hydrogens (tertiary/aromatic N) is 5. The number of rotatable bonds is 6. The van der Waals surface area contributed by atoms with Gasteiger partial charge in [-0.15, -0.1) is 11.3 Å². The van der Waals surface area contributed by atoms with Gasteiger partial charge in [0.15, 0.2) is 0 Å². The van der Waals surface area contributed by atoms with Crippen LogP contribution >= 0.6 is 11.3 Å². The largest absolute Gasteiger partial charge is 0.338 e. The number of aryl methyl sites for hydroxylation is 1. The zero-order valence-corrected chi connectivity index (χ0v) is 17.1. The number of hydrogen-bond donors (Lipinski definition) is 0. The van der Waals surface area contributed by atoms with Gasteiger partial charge >= 0.3 is 0 Å². The maximum atomic E-state index is 12.6. The van der Waals surface area contributed by atoms with E-state index in [0.717, 1.165) is 27.4 Å². The number of thiophene rings is 1. The summed E-state index contributed by atoms with van der Waals surface area (Å²) in [5.41, 5.74) is 3.74. The Morgan fingerprint density at radius 2 is 2.00 bits per heavy atom. The minimum Gasteiger partial charge on any atom is -0.338 e. The van der Waals surface area contributed by atoms with Gasteiger partial charge in [0.05, 0.1) is 16.8 Å². The molecule has 0 fully saturated rings. The van der Waals surface area contributed by atoms with Crippen LogP contribution in [0.5, 0.6) is 0 Å². The van der Waals surface area contributed by atoms with Crippen molar-refractivity contribution in [2.45, 2.75) is 6.54 Å². The number of likely N-dealkylation sites (N-methyl/N-ethyl adjacent to an activating group) is 1. The molecule has 3 aromatic heterocycles. The summed E-state index contributed by atoms with van der Waals surface area (Å²) < 4.78 is 3.58. The Bertz CT molecular complexity index is 1130. The van der Waals surface area contributed by atoms with Crippen LogP contribution in [0.15, 0.2) is 72.5 Å². The third-order valence-electron chi connectivity index (χ3n) is 4.48. The van der Waals surface area contributed by atoms with Crippen molar-refractivity contribution in [3.05, 3.63) is 83.6 Å². The number of aromatic nitrogens is 4. The molecular weight excluding hydrogens is 382 g/mol. The number of amides is 1. The van der Waals surface area contributed by atoms with Crippen molar-refractivity contribution < 1.29 is 4.79 Å². The Kier molecular flexibility index (Phi) is 5.39. The van der Waals surface area contributed by atoms with Gasteiger partial charge in [-0.1, -0.05) is 24.3 Å². The average molecular weight is 404 g/mol. The van der Waals surface area contributed by atoms with E-state index in [1.165, 1.54) is 0 Å². The third-order valence-corrected chi connectivity index (χ3v) is 5.35. The second-order valence-electron chi connectivity index (χ2n) is 6.74. The highest BCUT2D eigenvalue weighted by Gasteiger charge is 2.13. The van der Waals surface area contributed by atoms with Crippen LogP contribution in [0.2, 0.25) is 0 Å². The summed E-state index contributed by atoms with van der Waals surface area (Å²) in [6.45, 7) is 0.512. The van der Waals surface area contributed by atoms with E-state index >= 15 is 0 Å². The first-order chi connectivity index (χ1) is 14.1. The summed E-state index contributed by atoms with van der Waals surface area (Å²) in [6.07, 6.45) is 9.07. The van der Waals surface area contributed by atoms with Crippen molar-refractivity contribution in [1.82, 2.24) is 24.5 Å². The average Bonchev–Trinajstić information content (AvgIpc) is 3.47. The van der Waals surface area contributed by atoms with Crippen molar-refractivity contribution in [1.29, 1.82) is 0 Å². The molecule has 0 bridgehead atoms. The minimum atomic E-state index is -0.0709. The van der Waals surface area contributed by atoms with Crippen LogP contribution < -0.4 is 0 Å². The molecule has 0 aliphatic carbocycles. The van der Waals surface area contributed by atoms with Gasteiger partial charge < -0.3 is 4.90 Å². The predicted octanol–water partition coefficient (Wildman–Crippen LogP) is 4.01. The summed E-state index contributed by atoms with van der Waals surface area (Å²) in [6, 6.07) is 14.0. The van der Waals surface area contributed by atoms with Crippen LogP contribution in [0.1, 0.15) is 11.1 Å². The lowest BCUT2D eigenvalue weighted by Gasteiger charge is -2.13. The van der Waals surface area contributed by atoms with Gasteiger partial charge in [0.25, 0.3) is 0 Å². The number of hydrogen-bond acceptors (Lipinski definition) is 4. The summed E-state index contributed by atoms with van der Waals surface area (Å²) >= 11 is 1.63. The fourth-order valence-corrected chi connectivity index (χ4v) is 3.75. The molecule has 3 heterocycles. The van der Waals surface area contributed by atoms with Crippen LogP contribution in [0, 0.1) is 0 Å². The summed E-state index contributed by atoms with van der Waals surface area (Å²) in [4.78, 5) is 15.3. The lowest BCUT2D eigenvalue weighted by atomic mass is 10.2. The Balaban J connectivity index is 1.58. The number of carbonyl (C=O) groups is 1. The molecule has 4 aromatic rings. The van der Waals surface area contributed by atoms with Crippen molar-refractivity contribution in [2.75, 3.05) is 7.05 Å². The second-order valence-corrected chi connectivity index (χ2v) is 7.69. The van der Waals surface area contributed by atoms with Gasteiger partial charge in [-0.25, -0.2) is 4.68 Å². The molecule has 146 valence electrons. The van der Waals surface area contributed by atoms with E-state index in [0.29, 0.717) is 6.54 Å². The van der Waals surface area contributed by atoms with Crippen molar-refractivity contribution >= 4 is 23.3 Å². The highest BCUT2D eigenvalue weighted by atomic mass is 32.1. The van der Waals surface area contributed by atoms with Crippen molar-refractivity contribution in [3.63, 3.8) is 0 Å². The van der Waals surface area contributed by atoms with E-state index < -0.39 is 0 Å². The highest BCUT2D eigenvalue weighted by Crippen LogP contribution is 2.28. The monoisotopic (exact) mass is 403 g/mol. The van der Waals surface area contributed by atoms with E-state index in [-0.39, 0.29) is 5.91 Å². The van der Waals surface area contributed by atoms with E-state index in [4.69, 9.17) is 5.10 Å². The quantitative estimate of drug-likeness (QED) is 0.457. The molecule has 4 rings (SSSR count). The molecule has 0 saturated carbocycles. The summed E-state index contributed by atoms with van der Waals surface area (Å²) in [7, 11) is 3.65. The summed E-state index contributed by atoms with van der Waals surface area (Å²) in [5, 5.41) is 10.9. The standard InChI is InChI=1S/C22H21N5OS/c1-25(14-17-13-23-26(2)15-17)21(28)11-10-18-16-27(19-7-4-3-5-8-19)24-22(18)20-9-6-12-29-20/h3-13,15-16H,14H2,1-2H3/b11-10+. The van der Waals surface area contributed by atoms with Gasteiger partial charge in [-0.2, -0.15) is 10.2 Å². The molecule has 0 saturated heterocycles. The minimum absolute atomic E-state index is 0.0709. The predicted molar refractivity (Wildman–Crippen MR) is 116 cm³/mol. The molecule has 1 aromatic carbocycles. The molecule has 7 heteroatoms. The summed E-state index contributed by atoms with van der Waals surface area (Å²) in [5.74, 6) is -0.0709. The van der Waals surface area contributed by atoms with E-state index in [1.807, 2.05) is 78.0 Å². The van der Waals surface area contributed by atoms with E-state index in [1.54, 1.807) is 40.2 Å². The molecule has 6 nitrogen and oxygen atoms in total. The van der Waals surface area contributed by atoms with Crippen LogP contribution in [0.4, 0.5) is 0 Å². The fourth-order valence-electron chi connectivity index (χ4n) is 3.02. The molecule has 0 unspecified atom stereocenters. The lowest BCUT2D eigenvalue weighted by Crippen LogP contribution is -2.23. The SMILES string of the molecule is CN(Cc1cnn(C)c1)C(=O)/C=C/c1cn(-c2ccccc2)nc1-c1cccs1. The molecule has 0 aliphatic rings. The van der Waals surface area contributed by atoms with Gasteiger partial charge in [0.1, 0.15) is 5.69 Å². The Hall–Kier alpha value is -3.45. The molecule has 0 atom stereocenters. The van der Waals surface area contributed by atoms with Crippen LogP contribution in [-0.4, -0.2) is 37.4 Å². The molecule has 0 spiro atoms. The maximum absolute atomic E-state index is 12.6. The van der Waals surface area contributed by atoms with Crippen LogP contribution in [-0.2, 0) is 18.4 Å². The first-order valence-corrected chi connectivity index (χ1v) is 10.1. The van der Waals surface area contributed by atoms with Crippen molar-refractivity contribution in [3.8, 4) is 16.3 Å². The Labute approximate surface area is 173 Å². The normalized spacial score (nSPS) is 11.2. The van der Waals surface area contributed by atoms with E-state index in [2.05, 4.69) is 5.10 Å². The third kappa shape index (κ3) is 4.35. The van der Waals surface area contributed by atoms with Crippen LogP contribution in [0.25, 0.3) is 22.3 Å². The Morgan fingerprint density at radius 1 is 1.17 bits per heavy atom. The first kappa shape index (κ1) is 18.9. The fraction of sp³-hybridized carbons (Fsp3) is 0.136. The zero-order valence-electron chi connectivity index (χ0n) is 16.3. The van der Waals surface area contributed by atoms with Crippen LogP contribution in [0.3, 0.4) is 0 Å². The lowest BCUT2D eigenvalue weighted by molar-refractivity contribution is -0.125. The zero-order chi connectivity index (χ0) is 20.2. The molecule has 0 radical (unpaired) electrons. The smallest absolute Gasteiger partial charge is 0.246 e. The second kappa shape index (κ2) is 8.28. The molecule has 0 N–H and O–H groups in total.